The molecule has 2 unspecified atom stereocenters. The molecule has 0 heterocycles. The fourth-order valence-corrected chi connectivity index (χ4v) is 3.14. The molecular weight excluding hydrogens is 224 g/mol. The van der Waals surface area contributed by atoms with E-state index in [0.29, 0.717) is 11.8 Å². The molecule has 1 fully saturated rings. The van der Waals surface area contributed by atoms with Crippen LogP contribution in [0.4, 0.5) is 0 Å². The molecule has 18 heavy (non-hydrogen) atoms. The van der Waals surface area contributed by atoms with Crippen LogP contribution in [-0.4, -0.2) is 30.4 Å². The summed E-state index contributed by atoms with van der Waals surface area (Å²) < 4.78 is 0. The van der Waals surface area contributed by atoms with Crippen molar-refractivity contribution in [3.8, 4) is 0 Å². The largest absolute Gasteiger partial charge is 0.342 e. The monoisotopic (exact) mass is 254 g/mol. The zero-order valence-corrected chi connectivity index (χ0v) is 12.2. The highest BCUT2D eigenvalue weighted by Crippen LogP contribution is 2.32. The Kier molecular flexibility index (Phi) is 7.33. The third kappa shape index (κ3) is 4.60. The third-order valence-electron chi connectivity index (χ3n) is 4.01. The van der Waals surface area contributed by atoms with E-state index in [1.54, 1.807) is 0 Å². The van der Waals surface area contributed by atoms with Gasteiger partial charge in [-0.05, 0) is 44.6 Å². The summed E-state index contributed by atoms with van der Waals surface area (Å²) >= 11 is 0. The molecule has 0 aromatic rings. The smallest absolute Gasteiger partial charge is 0.225 e. The summed E-state index contributed by atoms with van der Waals surface area (Å²) in [6.45, 7) is 6.90. The van der Waals surface area contributed by atoms with Gasteiger partial charge >= 0.3 is 0 Å². The van der Waals surface area contributed by atoms with Gasteiger partial charge in [0.05, 0.1) is 0 Å². The summed E-state index contributed by atoms with van der Waals surface area (Å²) in [4.78, 5) is 14.6. The molecule has 1 amide bonds. The summed E-state index contributed by atoms with van der Waals surface area (Å²) in [7, 11) is 0. The van der Waals surface area contributed by atoms with Crippen molar-refractivity contribution in [1.29, 1.82) is 0 Å². The minimum Gasteiger partial charge on any atom is -0.342 e. The highest BCUT2D eigenvalue weighted by molar-refractivity contribution is 5.78. The van der Waals surface area contributed by atoms with E-state index >= 15 is 0 Å². The standard InChI is InChI=1S/C15H30N2O/c1-3-10-17(11-4-2)15(18)14-7-5-6-13(12-14)8-9-16/h13-14H,3-12,16H2,1-2H3. The maximum absolute atomic E-state index is 12.5. The van der Waals surface area contributed by atoms with Gasteiger partial charge in [-0.25, -0.2) is 0 Å². The molecule has 106 valence electrons. The Bertz CT molecular complexity index is 235. The van der Waals surface area contributed by atoms with E-state index in [1.165, 1.54) is 12.8 Å². The normalized spacial score (nSPS) is 23.9. The number of rotatable bonds is 7. The van der Waals surface area contributed by atoms with Crippen LogP contribution in [0.2, 0.25) is 0 Å². The van der Waals surface area contributed by atoms with Crippen molar-refractivity contribution in [3.05, 3.63) is 0 Å². The number of carbonyl (C=O) groups excluding carboxylic acids is 1. The Balaban J connectivity index is 2.52. The Morgan fingerprint density at radius 1 is 1.22 bits per heavy atom. The van der Waals surface area contributed by atoms with Gasteiger partial charge in [-0.2, -0.15) is 0 Å². The Hall–Kier alpha value is -0.570. The van der Waals surface area contributed by atoms with Crippen molar-refractivity contribution >= 4 is 5.91 Å². The molecule has 0 aliphatic heterocycles. The first kappa shape index (κ1) is 15.5. The Labute approximate surface area is 112 Å². The van der Waals surface area contributed by atoms with E-state index in [4.69, 9.17) is 5.73 Å². The lowest BCUT2D eigenvalue weighted by Gasteiger charge is -2.32. The van der Waals surface area contributed by atoms with Crippen molar-refractivity contribution in [2.45, 2.75) is 58.8 Å². The molecular formula is C15H30N2O. The zero-order valence-electron chi connectivity index (χ0n) is 12.2. The van der Waals surface area contributed by atoms with E-state index in [-0.39, 0.29) is 5.92 Å². The van der Waals surface area contributed by atoms with Crippen LogP contribution in [-0.2, 0) is 4.79 Å². The van der Waals surface area contributed by atoms with Gasteiger partial charge in [0.15, 0.2) is 0 Å². The van der Waals surface area contributed by atoms with Crippen LogP contribution in [0.3, 0.4) is 0 Å². The second-order valence-electron chi connectivity index (χ2n) is 5.63. The van der Waals surface area contributed by atoms with Crippen molar-refractivity contribution in [1.82, 2.24) is 4.90 Å². The number of amides is 1. The van der Waals surface area contributed by atoms with Gasteiger partial charge in [-0.3, -0.25) is 4.79 Å². The molecule has 1 aliphatic rings. The number of nitrogens with two attached hydrogens (primary N) is 1. The molecule has 3 heteroatoms. The van der Waals surface area contributed by atoms with Gasteiger partial charge in [0.25, 0.3) is 0 Å². The van der Waals surface area contributed by atoms with Crippen LogP contribution in [0.15, 0.2) is 0 Å². The molecule has 1 saturated carbocycles. The minimum atomic E-state index is 0.272. The SMILES string of the molecule is CCCN(CCC)C(=O)C1CCCC(CCN)C1. The molecule has 0 bridgehead atoms. The second-order valence-corrected chi connectivity index (χ2v) is 5.63. The lowest BCUT2D eigenvalue weighted by molar-refractivity contribution is -0.137. The highest BCUT2D eigenvalue weighted by Gasteiger charge is 2.29. The van der Waals surface area contributed by atoms with Crippen molar-refractivity contribution < 1.29 is 4.79 Å². The van der Waals surface area contributed by atoms with E-state index in [1.807, 2.05) is 0 Å². The lowest BCUT2D eigenvalue weighted by atomic mass is 9.79. The van der Waals surface area contributed by atoms with Gasteiger partial charge in [-0.15, -0.1) is 0 Å². The first-order valence-corrected chi connectivity index (χ1v) is 7.71. The Morgan fingerprint density at radius 2 is 1.89 bits per heavy atom. The van der Waals surface area contributed by atoms with E-state index in [9.17, 15) is 4.79 Å². The predicted molar refractivity (Wildman–Crippen MR) is 76.3 cm³/mol. The lowest BCUT2D eigenvalue weighted by Crippen LogP contribution is -2.39. The molecule has 1 aliphatic carbocycles. The average Bonchev–Trinajstić information content (AvgIpc) is 2.38. The highest BCUT2D eigenvalue weighted by atomic mass is 16.2. The molecule has 0 spiro atoms. The minimum absolute atomic E-state index is 0.272. The van der Waals surface area contributed by atoms with Gasteiger partial charge in [0, 0.05) is 19.0 Å². The van der Waals surface area contributed by atoms with Crippen LogP contribution in [0.5, 0.6) is 0 Å². The van der Waals surface area contributed by atoms with E-state index in [2.05, 4.69) is 18.7 Å². The van der Waals surface area contributed by atoms with Crippen LogP contribution < -0.4 is 5.73 Å². The molecule has 0 radical (unpaired) electrons. The summed E-state index contributed by atoms with van der Waals surface area (Å²) in [6, 6.07) is 0. The van der Waals surface area contributed by atoms with Crippen LogP contribution in [0.25, 0.3) is 0 Å². The van der Waals surface area contributed by atoms with Crippen LogP contribution in [0, 0.1) is 11.8 Å². The predicted octanol–water partition coefficient (Wildman–Crippen LogP) is 2.79. The second kappa shape index (κ2) is 8.52. The maximum Gasteiger partial charge on any atom is 0.225 e. The molecule has 0 aromatic carbocycles. The van der Waals surface area contributed by atoms with Gasteiger partial charge in [0.1, 0.15) is 0 Å². The van der Waals surface area contributed by atoms with Gasteiger partial charge in [-0.1, -0.05) is 26.7 Å². The molecule has 2 atom stereocenters. The average molecular weight is 254 g/mol. The van der Waals surface area contributed by atoms with E-state index in [0.717, 1.165) is 51.7 Å². The van der Waals surface area contributed by atoms with E-state index < -0.39 is 0 Å². The quantitative estimate of drug-likeness (QED) is 0.759. The summed E-state index contributed by atoms with van der Waals surface area (Å²) in [6.07, 6.45) is 7.83. The molecule has 0 aromatic heterocycles. The van der Waals surface area contributed by atoms with Gasteiger partial charge in [0.2, 0.25) is 5.91 Å². The number of carbonyl (C=O) groups is 1. The Morgan fingerprint density at radius 3 is 2.44 bits per heavy atom. The fraction of sp³-hybridized carbons (Fsp3) is 0.933. The third-order valence-corrected chi connectivity index (χ3v) is 4.01. The maximum atomic E-state index is 12.5. The summed E-state index contributed by atoms with van der Waals surface area (Å²) in [5.74, 6) is 1.36. The van der Waals surface area contributed by atoms with Crippen LogP contribution in [0.1, 0.15) is 58.8 Å². The van der Waals surface area contributed by atoms with Crippen LogP contribution >= 0.6 is 0 Å². The first-order chi connectivity index (χ1) is 8.72. The topological polar surface area (TPSA) is 46.3 Å². The van der Waals surface area contributed by atoms with Crippen molar-refractivity contribution in [2.24, 2.45) is 17.6 Å². The summed E-state index contributed by atoms with van der Waals surface area (Å²) in [5.41, 5.74) is 5.64. The zero-order chi connectivity index (χ0) is 13.4. The summed E-state index contributed by atoms with van der Waals surface area (Å²) in [5, 5.41) is 0. The molecule has 1 rings (SSSR count). The van der Waals surface area contributed by atoms with Crippen molar-refractivity contribution in [3.63, 3.8) is 0 Å². The number of hydrogen-bond acceptors (Lipinski definition) is 2. The van der Waals surface area contributed by atoms with Gasteiger partial charge < -0.3 is 10.6 Å². The first-order valence-electron chi connectivity index (χ1n) is 7.71. The number of nitrogens with zero attached hydrogens (tertiary/aromatic N) is 1. The number of hydrogen-bond donors (Lipinski definition) is 1. The van der Waals surface area contributed by atoms with Crippen molar-refractivity contribution in [2.75, 3.05) is 19.6 Å². The molecule has 3 nitrogen and oxygen atoms in total. The molecule has 0 saturated heterocycles. The fourth-order valence-electron chi connectivity index (χ4n) is 3.14. The molecule has 2 N–H and O–H groups in total.